The van der Waals surface area contributed by atoms with E-state index in [1.807, 2.05) is 0 Å². The number of phenolic OH excluding ortho intramolecular Hbond substituents is 1. The molecule has 22 heavy (non-hydrogen) atoms. The summed E-state index contributed by atoms with van der Waals surface area (Å²) >= 11 is 0. The van der Waals surface area contributed by atoms with Crippen LogP contribution in [-0.2, 0) is 11.3 Å². The molecule has 0 spiro atoms. The lowest BCUT2D eigenvalue weighted by Gasteiger charge is -2.06. The van der Waals surface area contributed by atoms with Crippen LogP contribution in [0, 0.1) is 0 Å². The van der Waals surface area contributed by atoms with Gasteiger partial charge < -0.3 is 14.6 Å². The van der Waals surface area contributed by atoms with Gasteiger partial charge in [0.25, 0.3) is 0 Å². The Bertz CT molecular complexity index is 829. The van der Waals surface area contributed by atoms with Crippen LogP contribution in [0.5, 0.6) is 11.5 Å². The van der Waals surface area contributed by atoms with Gasteiger partial charge in [0.2, 0.25) is 0 Å². The van der Waals surface area contributed by atoms with Gasteiger partial charge >= 0.3 is 5.97 Å². The number of para-hydroxylation sites is 2. The van der Waals surface area contributed by atoms with Crippen molar-refractivity contribution in [2.45, 2.75) is 6.61 Å². The average Bonchev–Trinajstić information content (AvgIpc) is 2.95. The molecule has 0 saturated heterocycles. The van der Waals surface area contributed by atoms with Crippen molar-refractivity contribution >= 4 is 11.6 Å². The minimum atomic E-state index is -0.433. The second-order valence-corrected chi connectivity index (χ2v) is 4.51. The number of esters is 1. The highest BCUT2D eigenvalue weighted by atomic mass is 16.5. The number of pyridine rings is 1. The molecule has 3 aromatic rings. The van der Waals surface area contributed by atoms with Crippen molar-refractivity contribution < 1.29 is 19.4 Å². The fraction of sp³-hybridized carbons (Fsp3) is 0.133. The first-order chi connectivity index (χ1) is 10.7. The van der Waals surface area contributed by atoms with Gasteiger partial charge in [-0.05, 0) is 24.3 Å². The number of carbonyl (C=O) groups excluding carboxylic acids is 1. The molecule has 3 rings (SSSR count). The number of hydrogen-bond acceptors (Lipinski definition) is 6. The van der Waals surface area contributed by atoms with Crippen LogP contribution in [0.15, 0.2) is 42.6 Å². The lowest BCUT2D eigenvalue weighted by Crippen LogP contribution is -2.04. The average molecular weight is 299 g/mol. The number of phenols is 1. The van der Waals surface area contributed by atoms with Gasteiger partial charge in [0.05, 0.1) is 12.7 Å². The fourth-order valence-electron chi connectivity index (χ4n) is 2.01. The zero-order chi connectivity index (χ0) is 15.5. The molecule has 0 atom stereocenters. The van der Waals surface area contributed by atoms with Gasteiger partial charge in [0.15, 0.2) is 23.0 Å². The topological polar surface area (TPSA) is 86.0 Å². The van der Waals surface area contributed by atoms with Crippen LogP contribution in [-0.4, -0.2) is 32.8 Å². The van der Waals surface area contributed by atoms with E-state index in [0.717, 1.165) is 0 Å². The Morgan fingerprint density at radius 1 is 1.27 bits per heavy atom. The highest BCUT2D eigenvalue weighted by molar-refractivity contribution is 5.90. The summed E-state index contributed by atoms with van der Waals surface area (Å²) in [6, 6.07) is 9.88. The lowest BCUT2D eigenvalue weighted by molar-refractivity contribution is 0.0600. The van der Waals surface area contributed by atoms with Crippen molar-refractivity contribution in [1.82, 2.24) is 14.6 Å². The molecule has 0 aliphatic rings. The number of ether oxygens (including phenoxy) is 2. The van der Waals surface area contributed by atoms with Crippen LogP contribution >= 0.6 is 0 Å². The molecule has 0 bridgehead atoms. The van der Waals surface area contributed by atoms with E-state index < -0.39 is 5.97 Å². The van der Waals surface area contributed by atoms with Gasteiger partial charge in [-0.1, -0.05) is 12.1 Å². The quantitative estimate of drug-likeness (QED) is 0.739. The summed E-state index contributed by atoms with van der Waals surface area (Å²) in [5.74, 6) is 0.543. The molecule has 1 N–H and O–H groups in total. The highest BCUT2D eigenvalue weighted by Gasteiger charge is 2.11. The molecule has 1 aromatic carbocycles. The smallest absolute Gasteiger partial charge is 0.338 e. The summed E-state index contributed by atoms with van der Waals surface area (Å²) in [4.78, 5) is 11.5. The molecule has 0 fully saturated rings. The van der Waals surface area contributed by atoms with Gasteiger partial charge in [0.1, 0.15) is 6.61 Å². The summed E-state index contributed by atoms with van der Waals surface area (Å²) in [6.07, 6.45) is 1.67. The molecule has 0 unspecified atom stereocenters. The Kier molecular flexibility index (Phi) is 3.61. The van der Waals surface area contributed by atoms with Crippen molar-refractivity contribution in [3.05, 3.63) is 54.0 Å². The highest BCUT2D eigenvalue weighted by Crippen LogP contribution is 2.25. The molecule has 0 aliphatic carbocycles. The van der Waals surface area contributed by atoms with E-state index in [1.165, 1.54) is 7.11 Å². The summed E-state index contributed by atoms with van der Waals surface area (Å²) < 4.78 is 11.9. The Balaban J connectivity index is 1.83. The standard InChI is InChI=1S/C15H13N3O4/c1-21-15(20)10-6-7-18-13(8-10)16-17-14(18)9-22-12-5-3-2-4-11(12)19/h2-8,19H,9H2,1H3. The van der Waals surface area contributed by atoms with E-state index in [9.17, 15) is 9.90 Å². The molecular weight excluding hydrogens is 286 g/mol. The third-order valence-electron chi connectivity index (χ3n) is 3.12. The van der Waals surface area contributed by atoms with E-state index in [-0.39, 0.29) is 12.4 Å². The van der Waals surface area contributed by atoms with Gasteiger partial charge in [-0.25, -0.2) is 4.79 Å². The van der Waals surface area contributed by atoms with Crippen molar-refractivity contribution in [2.75, 3.05) is 7.11 Å². The number of aromatic hydroxyl groups is 1. The van der Waals surface area contributed by atoms with Crippen LogP contribution in [0.4, 0.5) is 0 Å². The number of aromatic nitrogens is 3. The zero-order valence-corrected chi connectivity index (χ0v) is 11.8. The molecule has 0 amide bonds. The minimum absolute atomic E-state index is 0.0595. The zero-order valence-electron chi connectivity index (χ0n) is 11.8. The number of hydrogen-bond donors (Lipinski definition) is 1. The predicted octanol–water partition coefficient (Wildman–Crippen LogP) is 1.80. The Hall–Kier alpha value is -3.09. The summed E-state index contributed by atoms with van der Waals surface area (Å²) in [6.45, 7) is 0.135. The summed E-state index contributed by atoms with van der Waals surface area (Å²) in [5.41, 5.74) is 0.911. The number of benzene rings is 1. The number of fused-ring (bicyclic) bond motifs is 1. The Morgan fingerprint density at radius 3 is 2.86 bits per heavy atom. The SMILES string of the molecule is COC(=O)c1ccn2c(COc3ccccc3O)nnc2c1. The van der Waals surface area contributed by atoms with Crippen molar-refractivity contribution in [1.29, 1.82) is 0 Å². The number of rotatable bonds is 4. The predicted molar refractivity (Wildman–Crippen MR) is 76.8 cm³/mol. The number of carbonyl (C=O) groups is 1. The molecule has 2 aromatic heterocycles. The Labute approximate surface area is 125 Å². The van der Waals surface area contributed by atoms with Crippen LogP contribution in [0.1, 0.15) is 16.2 Å². The molecule has 2 heterocycles. The van der Waals surface area contributed by atoms with Crippen molar-refractivity contribution in [2.24, 2.45) is 0 Å². The van der Waals surface area contributed by atoms with Gasteiger partial charge in [-0.15, -0.1) is 10.2 Å². The lowest BCUT2D eigenvalue weighted by atomic mass is 10.2. The summed E-state index contributed by atoms with van der Waals surface area (Å²) in [7, 11) is 1.32. The summed E-state index contributed by atoms with van der Waals surface area (Å²) in [5, 5.41) is 17.7. The molecule has 7 heteroatoms. The fourth-order valence-corrected chi connectivity index (χ4v) is 2.01. The molecular formula is C15H13N3O4. The molecule has 7 nitrogen and oxygen atoms in total. The maximum absolute atomic E-state index is 11.5. The van der Waals surface area contributed by atoms with Crippen molar-refractivity contribution in [3.8, 4) is 11.5 Å². The van der Waals surface area contributed by atoms with Crippen molar-refractivity contribution in [3.63, 3.8) is 0 Å². The third-order valence-corrected chi connectivity index (χ3v) is 3.12. The molecule has 0 aliphatic heterocycles. The minimum Gasteiger partial charge on any atom is -0.504 e. The number of methoxy groups -OCH3 is 1. The third kappa shape index (κ3) is 2.56. The van der Waals surface area contributed by atoms with Crippen LogP contribution < -0.4 is 4.74 Å². The number of nitrogens with zero attached hydrogens (tertiary/aromatic N) is 3. The maximum atomic E-state index is 11.5. The molecule has 112 valence electrons. The van der Waals surface area contributed by atoms with Gasteiger partial charge in [0, 0.05) is 6.20 Å². The molecule has 0 radical (unpaired) electrons. The van der Waals surface area contributed by atoms with Gasteiger partial charge in [-0.2, -0.15) is 0 Å². The van der Waals surface area contributed by atoms with E-state index >= 15 is 0 Å². The van der Waals surface area contributed by atoms with E-state index in [0.29, 0.717) is 22.8 Å². The second-order valence-electron chi connectivity index (χ2n) is 4.51. The Morgan fingerprint density at radius 2 is 2.09 bits per heavy atom. The first kappa shape index (κ1) is 13.9. The maximum Gasteiger partial charge on any atom is 0.338 e. The van der Waals surface area contributed by atoms with E-state index in [4.69, 9.17) is 4.74 Å². The van der Waals surface area contributed by atoms with Crippen LogP contribution in [0.3, 0.4) is 0 Å². The van der Waals surface area contributed by atoms with E-state index in [2.05, 4.69) is 14.9 Å². The van der Waals surface area contributed by atoms with Crippen LogP contribution in [0.25, 0.3) is 5.65 Å². The van der Waals surface area contributed by atoms with E-state index in [1.54, 1.807) is 47.0 Å². The van der Waals surface area contributed by atoms with Crippen LogP contribution in [0.2, 0.25) is 0 Å². The first-order valence-electron chi connectivity index (χ1n) is 6.52. The first-order valence-corrected chi connectivity index (χ1v) is 6.52. The van der Waals surface area contributed by atoms with Gasteiger partial charge in [-0.3, -0.25) is 4.40 Å². The largest absolute Gasteiger partial charge is 0.504 e. The normalized spacial score (nSPS) is 10.6. The molecule has 0 saturated carbocycles. The second kappa shape index (κ2) is 5.72. The monoisotopic (exact) mass is 299 g/mol.